The second kappa shape index (κ2) is 26.2. The smallest absolute Gasteiger partial charge is 0.150 e. The number of aldehydes is 1. The summed E-state index contributed by atoms with van der Waals surface area (Å²) in [6.45, 7) is 6.05. The van der Waals surface area contributed by atoms with Gasteiger partial charge in [0.25, 0.3) is 0 Å². The summed E-state index contributed by atoms with van der Waals surface area (Å²) in [7, 11) is 0. The van der Waals surface area contributed by atoms with Crippen LogP contribution in [0.4, 0.5) is 0 Å². The van der Waals surface area contributed by atoms with Gasteiger partial charge in [0.15, 0.2) is 0 Å². The average Bonchev–Trinajstić information content (AvgIpc) is 3.28. The third-order valence-electron chi connectivity index (χ3n) is 11.2. The molecule has 0 atom stereocenters. The Kier molecular flexibility index (Phi) is 20.0. The first kappa shape index (κ1) is 44.2. The molecule has 0 saturated carbocycles. The van der Waals surface area contributed by atoms with Crippen LogP contribution in [0, 0.1) is 0 Å². The Hall–Kier alpha value is -4.89. The first-order chi connectivity index (χ1) is 28.7. The third kappa shape index (κ3) is 14.8. The van der Waals surface area contributed by atoms with E-state index in [1.807, 2.05) is 24.3 Å². The minimum Gasteiger partial charge on any atom is -0.494 e. The molecule has 3 nitrogen and oxygen atoms in total. The van der Waals surface area contributed by atoms with Gasteiger partial charge in [-0.15, -0.1) is 0 Å². The van der Waals surface area contributed by atoms with E-state index in [0.29, 0.717) is 5.56 Å². The maximum absolute atomic E-state index is 11.3. The summed E-state index contributed by atoms with van der Waals surface area (Å²) in [5.41, 5.74) is 9.73. The fourth-order valence-corrected chi connectivity index (χ4v) is 7.74. The molecule has 3 heteroatoms. The van der Waals surface area contributed by atoms with Crippen LogP contribution in [0.1, 0.15) is 162 Å². The van der Waals surface area contributed by atoms with Crippen molar-refractivity contribution in [2.24, 2.45) is 0 Å². The number of carbonyl (C=O) groups excluding carboxylic acids is 1. The Labute approximate surface area is 350 Å². The van der Waals surface area contributed by atoms with Crippen molar-refractivity contribution in [1.29, 1.82) is 0 Å². The lowest BCUT2D eigenvalue weighted by Gasteiger charge is -2.19. The predicted molar refractivity (Wildman–Crippen MR) is 247 cm³/mol. The predicted octanol–water partition coefficient (Wildman–Crippen LogP) is 16.0. The molecule has 0 N–H and O–H groups in total. The number of unbranched alkanes of at least 4 members (excludes halogenated alkanes) is 16. The summed E-state index contributed by atoms with van der Waals surface area (Å²) < 4.78 is 12.5. The number of rotatable bonds is 28. The van der Waals surface area contributed by atoms with Gasteiger partial charge in [-0.2, -0.15) is 0 Å². The number of carbonyl (C=O) groups is 1. The fourth-order valence-electron chi connectivity index (χ4n) is 7.74. The first-order valence-corrected chi connectivity index (χ1v) is 22.6. The van der Waals surface area contributed by atoms with Gasteiger partial charge >= 0.3 is 0 Å². The van der Waals surface area contributed by atoms with E-state index in [0.717, 1.165) is 88.4 Å². The fraction of sp³-hybridized carbons (Fsp3) is 0.400. The van der Waals surface area contributed by atoms with Crippen LogP contribution in [-0.2, 0) is 0 Å². The highest BCUT2D eigenvalue weighted by molar-refractivity contribution is 6.04. The van der Waals surface area contributed by atoms with Gasteiger partial charge in [-0.25, -0.2) is 0 Å². The molecule has 5 aromatic carbocycles. The van der Waals surface area contributed by atoms with Crippen molar-refractivity contribution >= 4 is 17.4 Å². The van der Waals surface area contributed by atoms with Crippen molar-refractivity contribution in [1.82, 2.24) is 0 Å². The molecular formula is C55H68O3. The van der Waals surface area contributed by atoms with Gasteiger partial charge in [0.1, 0.15) is 17.8 Å². The highest BCUT2D eigenvalue weighted by Gasteiger charge is 2.17. The van der Waals surface area contributed by atoms with E-state index >= 15 is 0 Å². The summed E-state index contributed by atoms with van der Waals surface area (Å²) in [6.07, 6.45) is 24.3. The molecule has 0 unspecified atom stereocenters. The van der Waals surface area contributed by atoms with Crippen LogP contribution in [-0.4, -0.2) is 19.5 Å². The highest BCUT2D eigenvalue weighted by Crippen LogP contribution is 2.38. The molecule has 0 aliphatic rings. The molecule has 0 amide bonds. The Balaban J connectivity index is 1.35. The summed E-state index contributed by atoms with van der Waals surface area (Å²) in [4.78, 5) is 11.3. The maximum Gasteiger partial charge on any atom is 0.150 e. The molecular weight excluding hydrogens is 709 g/mol. The molecule has 0 saturated heterocycles. The molecule has 306 valence electrons. The van der Waals surface area contributed by atoms with Crippen molar-refractivity contribution in [3.8, 4) is 22.6 Å². The molecule has 0 aliphatic carbocycles. The zero-order chi connectivity index (χ0) is 40.5. The minimum atomic E-state index is 0.680. The Bertz CT molecular complexity index is 1800. The van der Waals surface area contributed by atoms with Crippen molar-refractivity contribution < 1.29 is 14.3 Å². The van der Waals surface area contributed by atoms with E-state index in [4.69, 9.17) is 9.47 Å². The van der Waals surface area contributed by atoms with Gasteiger partial charge in [-0.05, 0) is 81.6 Å². The monoisotopic (exact) mass is 777 g/mol. The van der Waals surface area contributed by atoms with Crippen LogP contribution in [0.25, 0.3) is 22.3 Å². The molecule has 0 fully saturated rings. The zero-order valence-electron chi connectivity index (χ0n) is 35.6. The topological polar surface area (TPSA) is 35.5 Å². The lowest BCUT2D eigenvalue weighted by atomic mass is 9.85. The van der Waals surface area contributed by atoms with Crippen LogP contribution < -0.4 is 9.47 Å². The van der Waals surface area contributed by atoms with E-state index in [-0.39, 0.29) is 0 Å². The number of hydrogen-bond donors (Lipinski definition) is 0. The lowest BCUT2D eigenvalue weighted by molar-refractivity contribution is 0.112. The lowest BCUT2D eigenvalue weighted by Crippen LogP contribution is -2.00. The second-order valence-electron chi connectivity index (χ2n) is 15.8. The van der Waals surface area contributed by atoms with Crippen LogP contribution in [0.5, 0.6) is 11.5 Å². The van der Waals surface area contributed by atoms with Gasteiger partial charge in [0, 0.05) is 5.56 Å². The van der Waals surface area contributed by atoms with E-state index in [9.17, 15) is 4.79 Å². The molecule has 0 aliphatic heterocycles. The third-order valence-corrected chi connectivity index (χ3v) is 11.2. The Morgan fingerprint density at radius 1 is 0.379 bits per heavy atom. The van der Waals surface area contributed by atoms with Crippen molar-refractivity contribution in [3.05, 3.63) is 155 Å². The summed E-state index contributed by atoms with van der Waals surface area (Å²) in [6, 6.07) is 44.6. The van der Waals surface area contributed by atoms with Gasteiger partial charge in [0.2, 0.25) is 0 Å². The van der Waals surface area contributed by atoms with Crippen molar-refractivity contribution in [3.63, 3.8) is 0 Å². The second-order valence-corrected chi connectivity index (χ2v) is 15.8. The zero-order valence-corrected chi connectivity index (χ0v) is 35.6. The molecule has 0 bridgehead atoms. The van der Waals surface area contributed by atoms with E-state index in [2.05, 4.69) is 117 Å². The van der Waals surface area contributed by atoms with Crippen LogP contribution in [0.15, 0.2) is 127 Å². The number of hydrogen-bond acceptors (Lipinski definition) is 3. The molecule has 5 aromatic rings. The van der Waals surface area contributed by atoms with E-state index in [1.165, 1.54) is 103 Å². The normalized spacial score (nSPS) is 11.0. The average molecular weight is 777 g/mol. The van der Waals surface area contributed by atoms with Gasteiger partial charge in [0.05, 0.1) is 13.2 Å². The van der Waals surface area contributed by atoms with Crippen molar-refractivity contribution in [2.45, 2.75) is 129 Å². The summed E-state index contributed by atoms with van der Waals surface area (Å²) >= 11 is 0. The highest BCUT2D eigenvalue weighted by atomic mass is 16.5. The summed E-state index contributed by atoms with van der Waals surface area (Å²) in [5, 5.41) is 0. The van der Waals surface area contributed by atoms with Crippen molar-refractivity contribution in [2.75, 3.05) is 13.2 Å². The molecule has 0 spiro atoms. The quantitative estimate of drug-likeness (QED) is 0.0288. The standard InChI is InChI=1S/C55H68O3/c1-3-5-7-9-11-13-15-17-22-42-57-52-38-34-50(35-39-52)55(51-36-40-53(41-37-51)58-43-23-18-16-14-12-10-8-6-4-2)54(48-24-20-19-21-25-48)49-32-30-47(31-33-49)46-28-26-45(44-56)27-29-46/h19-21,24-41,44H,3-18,22-23,42-43H2,1-2H3. The Morgan fingerprint density at radius 2 is 0.707 bits per heavy atom. The summed E-state index contributed by atoms with van der Waals surface area (Å²) in [5.74, 6) is 1.82. The van der Waals surface area contributed by atoms with Gasteiger partial charge in [-0.3, -0.25) is 4.79 Å². The maximum atomic E-state index is 11.3. The number of benzene rings is 5. The van der Waals surface area contributed by atoms with E-state index < -0.39 is 0 Å². The molecule has 5 rings (SSSR count). The number of ether oxygens (including phenoxy) is 2. The molecule has 0 aromatic heterocycles. The van der Waals surface area contributed by atoms with E-state index in [1.54, 1.807) is 0 Å². The molecule has 0 heterocycles. The van der Waals surface area contributed by atoms with Gasteiger partial charge in [-0.1, -0.05) is 220 Å². The first-order valence-electron chi connectivity index (χ1n) is 22.6. The Morgan fingerprint density at radius 3 is 1.09 bits per heavy atom. The molecule has 0 radical (unpaired) electrons. The van der Waals surface area contributed by atoms with Crippen LogP contribution in [0.2, 0.25) is 0 Å². The molecule has 58 heavy (non-hydrogen) atoms. The van der Waals surface area contributed by atoms with Gasteiger partial charge < -0.3 is 9.47 Å². The minimum absolute atomic E-state index is 0.680. The van der Waals surface area contributed by atoms with Crippen LogP contribution in [0.3, 0.4) is 0 Å². The SMILES string of the molecule is CCCCCCCCCCCOc1ccc(C(=C(c2ccccc2)c2ccc(-c3ccc(C=O)cc3)cc2)c2ccc(OCCCCCCCCCCC)cc2)cc1. The largest absolute Gasteiger partial charge is 0.494 e. The van der Waals surface area contributed by atoms with Crippen LogP contribution >= 0.6 is 0 Å².